The molecule has 0 amide bonds. The molecule has 1 aliphatic rings. The highest BCUT2D eigenvalue weighted by atomic mass is 15.3. The van der Waals surface area contributed by atoms with E-state index < -0.39 is 0 Å². The van der Waals surface area contributed by atoms with Gasteiger partial charge in [0, 0.05) is 25.2 Å². The summed E-state index contributed by atoms with van der Waals surface area (Å²) in [5.74, 6) is 0.562. The zero-order valence-corrected chi connectivity index (χ0v) is 9.49. The fourth-order valence-corrected chi connectivity index (χ4v) is 2.05. The highest BCUT2D eigenvalue weighted by molar-refractivity contribution is 5.37. The van der Waals surface area contributed by atoms with Gasteiger partial charge in [0.25, 0.3) is 0 Å². The van der Waals surface area contributed by atoms with Crippen LogP contribution in [0.15, 0.2) is 0 Å². The molecule has 15 heavy (non-hydrogen) atoms. The van der Waals surface area contributed by atoms with Crippen molar-refractivity contribution in [2.45, 2.75) is 33.5 Å². The van der Waals surface area contributed by atoms with Crippen LogP contribution in [-0.2, 0) is 19.6 Å². The molecule has 1 aliphatic heterocycles. The number of rotatable bonds is 2. The molecule has 0 aromatic carbocycles. The molecule has 4 nitrogen and oxygen atoms in total. The standard InChI is InChI=1S/C11H16N4/c1-8(2)5-15-11-7-14(3)6-9(11)10(4-12)13-15/h8H,5-7H2,1-3H3. The summed E-state index contributed by atoms with van der Waals surface area (Å²) in [5, 5.41) is 13.3. The van der Waals surface area contributed by atoms with Crippen molar-refractivity contribution in [3.8, 4) is 6.07 Å². The number of hydrogen-bond donors (Lipinski definition) is 0. The van der Waals surface area contributed by atoms with Crippen LogP contribution in [0.5, 0.6) is 0 Å². The molecule has 0 saturated heterocycles. The van der Waals surface area contributed by atoms with Gasteiger partial charge in [-0.3, -0.25) is 9.58 Å². The van der Waals surface area contributed by atoms with Crippen molar-refractivity contribution in [1.82, 2.24) is 14.7 Å². The summed E-state index contributed by atoms with van der Waals surface area (Å²) >= 11 is 0. The Morgan fingerprint density at radius 1 is 1.47 bits per heavy atom. The largest absolute Gasteiger partial charge is 0.296 e. The molecule has 2 rings (SSSR count). The third-order valence-electron chi connectivity index (χ3n) is 2.66. The summed E-state index contributed by atoms with van der Waals surface area (Å²) in [5.41, 5.74) is 2.96. The second-order valence-electron chi connectivity index (χ2n) is 4.63. The van der Waals surface area contributed by atoms with Crippen molar-refractivity contribution < 1.29 is 0 Å². The van der Waals surface area contributed by atoms with Crippen LogP contribution >= 0.6 is 0 Å². The summed E-state index contributed by atoms with van der Waals surface area (Å²) in [6, 6.07) is 2.18. The molecule has 0 atom stereocenters. The maximum absolute atomic E-state index is 8.99. The molecule has 80 valence electrons. The fourth-order valence-electron chi connectivity index (χ4n) is 2.05. The third kappa shape index (κ3) is 1.75. The van der Waals surface area contributed by atoms with Crippen molar-refractivity contribution in [2.75, 3.05) is 7.05 Å². The number of nitrogens with zero attached hydrogens (tertiary/aromatic N) is 4. The highest BCUT2D eigenvalue weighted by Gasteiger charge is 2.25. The van der Waals surface area contributed by atoms with Gasteiger partial charge in [-0.1, -0.05) is 13.8 Å². The second-order valence-corrected chi connectivity index (χ2v) is 4.63. The van der Waals surface area contributed by atoms with Crippen molar-refractivity contribution >= 4 is 0 Å². The zero-order valence-electron chi connectivity index (χ0n) is 9.49. The van der Waals surface area contributed by atoms with Crippen LogP contribution < -0.4 is 0 Å². The number of nitriles is 1. The molecule has 0 bridgehead atoms. The van der Waals surface area contributed by atoms with Gasteiger partial charge in [-0.2, -0.15) is 10.4 Å². The van der Waals surface area contributed by atoms with Crippen LogP contribution in [0.2, 0.25) is 0 Å². The Morgan fingerprint density at radius 2 is 2.20 bits per heavy atom. The van der Waals surface area contributed by atoms with Crippen molar-refractivity contribution in [3.63, 3.8) is 0 Å². The minimum absolute atomic E-state index is 0.562. The van der Waals surface area contributed by atoms with Gasteiger partial charge in [0.2, 0.25) is 0 Å². The van der Waals surface area contributed by atoms with E-state index in [1.165, 1.54) is 5.69 Å². The quantitative estimate of drug-likeness (QED) is 0.730. The van der Waals surface area contributed by atoms with Gasteiger partial charge < -0.3 is 0 Å². The first-order valence-corrected chi connectivity index (χ1v) is 5.29. The molecule has 0 saturated carbocycles. The maximum Gasteiger partial charge on any atom is 0.167 e. The lowest BCUT2D eigenvalue weighted by Gasteiger charge is -2.10. The Bertz CT molecular complexity index is 411. The van der Waals surface area contributed by atoms with E-state index in [9.17, 15) is 0 Å². The van der Waals surface area contributed by atoms with E-state index >= 15 is 0 Å². The predicted octanol–water partition coefficient (Wildman–Crippen LogP) is 1.36. The third-order valence-corrected chi connectivity index (χ3v) is 2.66. The number of fused-ring (bicyclic) bond motifs is 1. The van der Waals surface area contributed by atoms with Crippen LogP contribution in [0.25, 0.3) is 0 Å². The molecule has 0 N–H and O–H groups in total. The molecule has 0 unspecified atom stereocenters. The van der Waals surface area contributed by atoms with Gasteiger partial charge in [0.1, 0.15) is 6.07 Å². The van der Waals surface area contributed by atoms with Gasteiger partial charge in [0.05, 0.1) is 5.69 Å². The SMILES string of the molecule is CC(C)Cn1nc(C#N)c2c1CN(C)C2. The molecule has 1 aromatic rings. The molecule has 0 radical (unpaired) electrons. The van der Waals surface area contributed by atoms with Crippen LogP contribution in [0.1, 0.15) is 30.8 Å². The van der Waals surface area contributed by atoms with Crippen molar-refractivity contribution in [2.24, 2.45) is 5.92 Å². The van der Waals surface area contributed by atoms with Gasteiger partial charge in [-0.05, 0) is 13.0 Å². The van der Waals surface area contributed by atoms with Gasteiger partial charge >= 0.3 is 0 Å². The predicted molar refractivity (Wildman–Crippen MR) is 57.0 cm³/mol. The maximum atomic E-state index is 8.99. The summed E-state index contributed by atoms with van der Waals surface area (Å²) in [4.78, 5) is 2.21. The topological polar surface area (TPSA) is 44.9 Å². The van der Waals surface area contributed by atoms with Crippen molar-refractivity contribution in [1.29, 1.82) is 5.26 Å². The molecule has 2 heterocycles. The van der Waals surface area contributed by atoms with E-state index in [0.29, 0.717) is 11.6 Å². The van der Waals surface area contributed by atoms with Crippen LogP contribution in [0.3, 0.4) is 0 Å². The van der Waals surface area contributed by atoms with E-state index in [1.807, 2.05) is 4.68 Å². The molecule has 0 aliphatic carbocycles. The summed E-state index contributed by atoms with van der Waals surface area (Å²) in [6.07, 6.45) is 0. The average molecular weight is 204 g/mol. The lowest BCUT2D eigenvalue weighted by molar-refractivity contribution is 0.336. The molecular weight excluding hydrogens is 188 g/mol. The molecule has 4 heteroatoms. The van der Waals surface area contributed by atoms with Crippen molar-refractivity contribution in [3.05, 3.63) is 17.0 Å². The van der Waals surface area contributed by atoms with E-state index in [2.05, 4.69) is 37.0 Å². The number of aromatic nitrogens is 2. The van der Waals surface area contributed by atoms with Crippen LogP contribution in [0, 0.1) is 17.2 Å². The zero-order chi connectivity index (χ0) is 11.0. The van der Waals surface area contributed by atoms with Gasteiger partial charge in [-0.15, -0.1) is 0 Å². The highest BCUT2D eigenvalue weighted by Crippen LogP contribution is 2.24. The normalized spacial score (nSPS) is 15.7. The average Bonchev–Trinajstić information content (AvgIpc) is 2.64. The molecule has 0 spiro atoms. The lowest BCUT2D eigenvalue weighted by atomic mass is 10.2. The summed E-state index contributed by atoms with van der Waals surface area (Å²) < 4.78 is 2.00. The Kier molecular flexibility index (Phi) is 2.49. The Labute approximate surface area is 90.1 Å². The second kappa shape index (κ2) is 3.67. The Hall–Kier alpha value is -1.34. The number of hydrogen-bond acceptors (Lipinski definition) is 3. The first-order valence-electron chi connectivity index (χ1n) is 5.29. The Morgan fingerprint density at radius 3 is 2.80 bits per heavy atom. The monoisotopic (exact) mass is 204 g/mol. The fraction of sp³-hybridized carbons (Fsp3) is 0.636. The minimum Gasteiger partial charge on any atom is -0.296 e. The van der Waals surface area contributed by atoms with Crippen LogP contribution in [-0.4, -0.2) is 21.7 Å². The first-order chi connectivity index (χ1) is 7.11. The summed E-state index contributed by atoms with van der Waals surface area (Å²) in [7, 11) is 2.07. The molecular formula is C11H16N4. The van der Waals surface area contributed by atoms with E-state index in [4.69, 9.17) is 5.26 Å². The molecule has 1 aromatic heterocycles. The smallest absolute Gasteiger partial charge is 0.167 e. The van der Waals surface area contributed by atoms with E-state index in [-0.39, 0.29) is 0 Å². The van der Waals surface area contributed by atoms with Gasteiger partial charge in [-0.25, -0.2) is 0 Å². The van der Waals surface area contributed by atoms with Gasteiger partial charge in [0.15, 0.2) is 5.69 Å². The Balaban J connectivity index is 2.38. The lowest BCUT2D eigenvalue weighted by Crippen LogP contribution is -2.14. The van der Waals surface area contributed by atoms with E-state index in [0.717, 1.165) is 25.2 Å². The van der Waals surface area contributed by atoms with E-state index in [1.54, 1.807) is 0 Å². The first kappa shape index (κ1) is 10.2. The minimum atomic E-state index is 0.562. The summed E-state index contributed by atoms with van der Waals surface area (Å²) in [6.45, 7) is 7.00. The van der Waals surface area contributed by atoms with Crippen LogP contribution in [0.4, 0.5) is 0 Å². The molecule has 0 fully saturated rings.